The van der Waals surface area contributed by atoms with Crippen LogP contribution in [0.2, 0.25) is 5.28 Å². The molecular weight excluding hydrogens is 504 g/mol. The quantitative estimate of drug-likeness (QED) is 0.279. The van der Waals surface area contributed by atoms with Gasteiger partial charge >= 0.3 is 6.09 Å². The standard InChI is InChI=1S/C17H16BrClN4O4S2/c1-17(2,3)29(26)20-7-10-11(18)12-13(28-10)14(22-15(19)21-12)23(16(24)25)8-9-5-4-6-27-9/h4-7H,8H2,1-3H3,(H,24,25)/b20-7+/t29-/m1/s1. The van der Waals surface area contributed by atoms with Crippen LogP contribution in [0.25, 0.3) is 10.2 Å². The summed E-state index contributed by atoms with van der Waals surface area (Å²) < 4.78 is 22.2. The molecule has 29 heavy (non-hydrogen) atoms. The first-order chi connectivity index (χ1) is 13.6. The highest BCUT2D eigenvalue weighted by Crippen LogP contribution is 2.39. The van der Waals surface area contributed by atoms with Gasteiger partial charge in [-0.2, -0.15) is 4.98 Å². The van der Waals surface area contributed by atoms with Crippen LogP contribution in [-0.4, -0.2) is 36.7 Å². The van der Waals surface area contributed by atoms with Crippen LogP contribution in [0, 0.1) is 0 Å². The van der Waals surface area contributed by atoms with Crippen molar-refractivity contribution in [2.45, 2.75) is 32.1 Å². The lowest BCUT2D eigenvalue weighted by atomic mass is 10.3. The van der Waals surface area contributed by atoms with Crippen molar-refractivity contribution in [3.63, 3.8) is 0 Å². The first kappa shape index (κ1) is 22.0. The molecule has 0 fully saturated rings. The van der Waals surface area contributed by atoms with Crippen molar-refractivity contribution in [3.05, 3.63) is 38.8 Å². The Morgan fingerprint density at radius 1 is 1.52 bits per heavy atom. The maximum atomic E-state index is 12.2. The Morgan fingerprint density at radius 2 is 2.24 bits per heavy atom. The minimum atomic E-state index is -1.44. The zero-order chi connectivity index (χ0) is 21.3. The Morgan fingerprint density at radius 3 is 2.83 bits per heavy atom. The van der Waals surface area contributed by atoms with Crippen molar-refractivity contribution in [1.29, 1.82) is 0 Å². The molecule has 154 valence electrons. The number of fused-ring (bicyclic) bond motifs is 1. The maximum absolute atomic E-state index is 12.2. The Bertz CT molecular complexity index is 1070. The molecule has 0 aliphatic rings. The van der Waals surface area contributed by atoms with Gasteiger partial charge in [0.05, 0.1) is 33.1 Å². The molecule has 0 bridgehead atoms. The second kappa shape index (κ2) is 8.60. The summed E-state index contributed by atoms with van der Waals surface area (Å²) in [6.07, 6.45) is 1.72. The van der Waals surface area contributed by atoms with Crippen LogP contribution in [0.1, 0.15) is 31.4 Å². The van der Waals surface area contributed by atoms with Crippen LogP contribution in [0.5, 0.6) is 0 Å². The van der Waals surface area contributed by atoms with Crippen molar-refractivity contribution in [2.75, 3.05) is 4.90 Å². The Labute approximate surface area is 187 Å². The molecule has 8 nitrogen and oxygen atoms in total. The van der Waals surface area contributed by atoms with Gasteiger partial charge in [-0.1, -0.05) is 4.40 Å². The van der Waals surface area contributed by atoms with Crippen molar-refractivity contribution in [2.24, 2.45) is 4.40 Å². The fourth-order valence-electron chi connectivity index (χ4n) is 2.24. The summed E-state index contributed by atoms with van der Waals surface area (Å²) in [4.78, 5) is 21.9. The summed E-state index contributed by atoms with van der Waals surface area (Å²) in [6, 6.07) is 3.34. The molecule has 1 atom stereocenters. The predicted molar refractivity (Wildman–Crippen MR) is 119 cm³/mol. The number of nitrogens with zero attached hydrogens (tertiary/aromatic N) is 4. The van der Waals surface area contributed by atoms with Gasteiger partial charge in [0.1, 0.15) is 27.4 Å². The van der Waals surface area contributed by atoms with E-state index in [1.165, 1.54) is 23.8 Å². The van der Waals surface area contributed by atoms with Crippen LogP contribution in [-0.2, 0) is 17.9 Å². The molecule has 12 heteroatoms. The number of thiophene rings is 1. The molecule has 0 saturated carbocycles. The first-order valence-corrected chi connectivity index (χ1v) is 11.3. The highest BCUT2D eigenvalue weighted by Gasteiger charge is 2.27. The number of carboxylic acid groups (broad SMARTS) is 1. The average molecular weight is 520 g/mol. The molecule has 0 spiro atoms. The van der Waals surface area contributed by atoms with Gasteiger partial charge in [-0.05, 0) is 60.4 Å². The van der Waals surface area contributed by atoms with E-state index >= 15 is 0 Å². The van der Waals surface area contributed by atoms with E-state index < -0.39 is 22.2 Å². The molecule has 0 saturated heterocycles. The Balaban J connectivity index is 2.08. The van der Waals surface area contributed by atoms with Crippen molar-refractivity contribution >= 4 is 78.6 Å². The number of hydrogen-bond acceptors (Lipinski definition) is 7. The van der Waals surface area contributed by atoms with Gasteiger partial charge in [0.2, 0.25) is 5.28 Å². The minimum Gasteiger partial charge on any atom is -0.591 e. The fourth-order valence-corrected chi connectivity index (χ4v) is 4.75. The van der Waals surface area contributed by atoms with Gasteiger partial charge in [-0.15, -0.1) is 11.3 Å². The minimum absolute atomic E-state index is 0.0439. The van der Waals surface area contributed by atoms with Gasteiger partial charge in [0.15, 0.2) is 5.82 Å². The number of hydrogen-bond donors (Lipinski definition) is 1. The molecule has 0 aliphatic heterocycles. The van der Waals surface area contributed by atoms with Crippen LogP contribution in [0.3, 0.4) is 0 Å². The average Bonchev–Trinajstić information content (AvgIpc) is 3.25. The lowest BCUT2D eigenvalue weighted by Crippen LogP contribution is -2.29. The molecule has 0 aromatic carbocycles. The SMILES string of the molecule is CC(C)(C)[S@@+]([O-])/N=C/c1sc2c(N(Cc3ccco3)C(=O)O)nc(Cl)nc2c1Br. The Kier molecular flexibility index (Phi) is 6.54. The van der Waals surface area contributed by atoms with E-state index in [9.17, 15) is 14.5 Å². The lowest BCUT2D eigenvalue weighted by molar-refractivity contribution is 0.200. The van der Waals surface area contributed by atoms with Crippen molar-refractivity contribution in [3.8, 4) is 0 Å². The number of halogens is 2. The summed E-state index contributed by atoms with van der Waals surface area (Å²) >= 11 is 9.29. The van der Waals surface area contributed by atoms with Crippen molar-refractivity contribution in [1.82, 2.24) is 9.97 Å². The molecule has 0 aliphatic carbocycles. The van der Waals surface area contributed by atoms with Crippen LogP contribution >= 0.6 is 38.9 Å². The third-order valence-electron chi connectivity index (χ3n) is 3.63. The monoisotopic (exact) mass is 518 g/mol. The summed E-state index contributed by atoms with van der Waals surface area (Å²) in [6.45, 7) is 5.42. The first-order valence-electron chi connectivity index (χ1n) is 8.22. The smallest absolute Gasteiger partial charge is 0.413 e. The molecule has 3 aromatic rings. The second-order valence-corrected chi connectivity index (χ2v) is 10.9. The van der Waals surface area contributed by atoms with E-state index in [1.807, 2.05) is 20.8 Å². The van der Waals surface area contributed by atoms with E-state index in [2.05, 4.69) is 30.3 Å². The predicted octanol–water partition coefficient (Wildman–Crippen LogP) is 5.27. The van der Waals surface area contributed by atoms with Crippen LogP contribution in [0.4, 0.5) is 10.6 Å². The van der Waals surface area contributed by atoms with Crippen molar-refractivity contribution < 1.29 is 18.9 Å². The number of carbonyl (C=O) groups is 1. The topological polar surface area (TPSA) is 115 Å². The highest BCUT2D eigenvalue weighted by atomic mass is 79.9. The number of rotatable bonds is 5. The Hall–Kier alpha value is -1.66. The fraction of sp³-hybridized carbons (Fsp3) is 0.294. The zero-order valence-corrected chi connectivity index (χ0v) is 19.5. The van der Waals surface area contributed by atoms with Crippen LogP contribution < -0.4 is 4.90 Å². The van der Waals surface area contributed by atoms with Gasteiger partial charge < -0.3 is 14.1 Å². The van der Waals surface area contributed by atoms with Gasteiger partial charge in [-0.3, -0.25) is 4.90 Å². The molecule has 3 heterocycles. The van der Waals surface area contributed by atoms with E-state index in [4.69, 9.17) is 16.0 Å². The summed E-state index contributed by atoms with van der Waals surface area (Å²) in [5.74, 6) is 0.583. The number of amides is 1. The summed E-state index contributed by atoms with van der Waals surface area (Å²) in [5, 5.41) is 9.63. The summed E-state index contributed by atoms with van der Waals surface area (Å²) in [7, 11) is 0. The number of anilines is 1. The largest absolute Gasteiger partial charge is 0.591 e. The molecule has 3 rings (SSSR count). The van der Waals surface area contributed by atoms with Gasteiger partial charge in [-0.25, -0.2) is 9.78 Å². The number of furan rings is 1. The molecule has 0 radical (unpaired) electrons. The molecular formula is C17H16BrClN4O4S2. The molecule has 1 N–H and O–H groups in total. The second-order valence-electron chi connectivity index (χ2n) is 6.82. The van der Waals surface area contributed by atoms with E-state index in [1.54, 1.807) is 12.1 Å². The molecule has 0 unspecified atom stereocenters. The normalized spacial score (nSPS) is 13.3. The number of aromatic nitrogens is 2. The maximum Gasteiger partial charge on any atom is 0.413 e. The van der Waals surface area contributed by atoms with E-state index in [-0.39, 0.29) is 17.6 Å². The third kappa shape index (κ3) is 4.92. The van der Waals surface area contributed by atoms with E-state index in [0.717, 1.165) is 4.90 Å². The zero-order valence-electron chi connectivity index (χ0n) is 15.5. The van der Waals surface area contributed by atoms with Gasteiger partial charge in [0, 0.05) is 0 Å². The third-order valence-corrected chi connectivity index (χ3v) is 7.32. The molecule has 3 aromatic heterocycles. The van der Waals surface area contributed by atoms with E-state index in [0.29, 0.717) is 25.3 Å². The van der Waals surface area contributed by atoms with Gasteiger partial charge in [0.25, 0.3) is 0 Å². The van der Waals surface area contributed by atoms with Crippen LogP contribution in [0.15, 0.2) is 31.7 Å². The lowest BCUT2D eigenvalue weighted by Gasteiger charge is -2.17. The molecule has 1 amide bonds. The summed E-state index contributed by atoms with van der Waals surface area (Å²) in [5.41, 5.74) is 0.443. The highest BCUT2D eigenvalue weighted by molar-refractivity contribution is 9.10.